The van der Waals surface area contributed by atoms with Crippen molar-refractivity contribution in [3.63, 3.8) is 0 Å². The summed E-state index contributed by atoms with van der Waals surface area (Å²) in [6.45, 7) is 6.29. The number of aryl methyl sites for hydroxylation is 3. The number of halogens is 1. The first-order chi connectivity index (χ1) is 14.5. The van der Waals surface area contributed by atoms with Crippen LogP contribution in [0.1, 0.15) is 25.0 Å². The van der Waals surface area contributed by atoms with Crippen LogP contribution < -0.4 is 15.0 Å². The number of hydrogen-bond acceptors (Lipinski definition) is 7. The minimum absolute atomic E-state index is 0.0548. The highest BCUT2D eigenvalue weighted by Gasteiger charge is 2.20. The van der Waals surface area contributed by atoms with E-state index in [-0.39, 0.29) is 29.1 Å². The molecular formula is C20H22FN5O4S. The number of sulfonamides is 1. The lowest BCUT2D eigenvalue weighted by molar-refractivity contribution is 0.407. The van der Waals surface area contributed by atoms with Crippen LogP contribution in [0.25, 0.3) is 11.4 Å². The molecule has 0 radical (unpaired) electrons. The van der Waals surface area contributed by atoms with Gasteiger partial charge in [-0.25, -0.2) is 12.8 Å². The van der Waals surface area contributed by atoms with Crippen molar-refractivity contribution in [2.75, 3.05) is 4.72 Å². The van der Waals surface area contributed by atoms with Crippen molar-refractivity contribution in [1.29, 1.82) is 0 Å². The maximum Gasteiger partial charge on any atom is 0.327 e. The smallest absolute Gasteiger partial charge is 0.327 e. The van der Waals surface area contributed by atoms with Gasteiger partial charge in [0.1, 0.15) is 0 Å². The monoisotopic (exact) mass is 447 g/mol. The van der Waals surface area contributed by atoms with Crippen LogP contribution in [0.3, 0.4) is 0 Å². The van der Waals surface area contributed by atoms with Crippen molar-refractivity contribution >= 4 is 16.0 Å². The molecule has 0 saturated carbocycles. The Balaban J connectivity index is 2.16. The van der Waals surface area contributed by atoms with Crippen LogP contribution in [0.4, 0.5) is 10.3 Å². The highest BCUT2D eigenvalue weighted by atomic mass is 32.2. The number of aromatic nitrogens is 4. The molecule has 3 aromatic rings. The van der Waals surface area contributed by atoms with Crippen molar-refractivity contribution in [1.82, 2.24) is 19.5 Å². The lowest BCUT2D eigenvalue weighted by atomic mass is 10.2. The SMILES string of the molecule is Cc1cccc(F)c1Oc1nc(NS(=O)(=O)C(C)C)nc(-c2cc(C)c(=O)n(C)c2)n1. The van der Waals surface area contributed by atoms with Gasteiger partial charge < -0.3 is 9.30 Å². The van der Waals surface area contributed by atoms with Crippen molar-refractivity contribution in [2.24, 2.45) is 7.05 Å². The van der Waals surface area contributed by atoms with Gasteiger partial charge in [0.05, 0.1) is 5.25 Å². The molecule has 0 bridgehead atoms. The first-order valence-electron chi connectivity index (χ1n) is 9.36. The van der Waals surface area contributed by atoms with Crippen molar-refractivity contribution in [2.45, 2.75) is 32.9 Å². The summed E-state index contributed by atoms with van der Waals surface area (Å²) in [6.07, 6.45) is 1.50. The van der Waals surface area contributed by atoms with E-state index >= 15 is 0 Å². The highest BCUT2D eigenvalue weighted by Crippen LogP contribution is 2.28. The van der Waals surface area contributed by atoms with Gasteiger partial charge in [-0.1, -0.05) is 12.1 Å². The number of rotatable bonds is 6. The molecule has 3 rings (SSSR count). The first-order valence-corrected chi connectivity index (χ1v) is 10.9. The minimum atomic E-state index is -3.77. The van der Waals surface area contributed by atoms with Gasteiger partial charge in [-0.05, 0) is 45.4 Å². The van der Waals surface area contributed by atoms with Gasteiger partial charge >= 0.3 is 6.01 Å². The Morgan fingerprint density at radius 1 is 1.13 bits per heavy atom. The lowest BCUT2D eigenvalue weighted by Gasteiger charge is -2.13. The molecule has 0 amide bonds. The highest BCUT2D eigenvalue weighted by molar-refractivity contribution is 7.93. The van der Waals surface area contributed by atoms with Gasteiger partial charge in [0.15, 0.2) is 17.4 Å². The Morgan fingerprint density at radius 2 is 1.84 bits per heavy atom. The third-order valence-electron chi connectivity index (χ3n) is 4.45. The van der Waals surface area contributed by atoms with E-state index in [1.807, 2.05) is 0 Å². The van der Waals surface area contributed by atoms with Gasteiger partial charge in [0, 0.05) is 24.4 Å². The maximum atomic E-state index is 14.2. The van der Waals surface area contributed by atoms with Crippen molar-refractivity contribution in [3.05, 3.63) is 57.8 Å². The number of nitrogens with zero attached hydrogens (tertiary/aromatic N) is 4. The number of nitrogens with one attached hydrogen (secondary N) is 1. The summed E-state index contributed by atoms with van der Waals surface area (Å²) in [5.74, 6) is -0.938. The second-order valence-electron chi connectivity index (χ2n) is 7.28. The zero-order chi connectivity index (χ0) is 22.9. The third-order valence-corrected chi connectivity index (χ3v) is 6.16. The molecular weight excluding hydrogens is 425 g/mol. The van der Waals surface area contributed by atoms with E-state index in [1.54, 1.807) is 33.0 Å². The molecule has 2 aromatic heterocycles. The van der Waals surface area contributed by atoms with E-state index in [0.29, 0.717) is 16.7 Å². The Morgan fingerprint density at radius 3 is 2.45 bits per heavy atom. The molecule has 1 N–H and O–H groups in total. The van der Waals surface area contributed by atoms with E-state index in [2.05, 4.69) is 19.7 Å². The first kappa shape index (κ1) is 22.3. The number of ether oxygens (including phenoxy) is 1. The number of para-hydroxylation sites is 1. The molecule has 0 aliphatic heterocycles. The van der Waals surface area contributed by atoms with Crippen LogP contribution in [0, 0.1) is 19.7 Å². The molecule has 9 nitrogen and oxygen atoms in total. The number of pyridine rings is 1. The van der Waals surface area contributed by atoms with Crippen LogP contribution in [0.2, 0.25) is 0 Å². The molecule has 2 heterocycles. The Labute approximate surface area is 179 Å². The molecule has 0 spiro atoms. The minimum Gasteiger partial charge on any atom is -0.421 e. The fourth-order valence-electron chi connectivity index (χ4n) is 2.66. The van der Waals surface area contributed by atoms with Gasteiger partial charge in [-0.3, -0.25) is 9.52 Å². The summed E-state index contributed by atoms with van der Waals surface area (Å²) in [7, 11) is -2.19. The van der Waals surface area contributed by atoms with Gasteiger partial charge in [0.2, 0.25) is 16.0 Å². The van der Waals surface area contributed by atoms with E-state index < -0.39 is 21.1 Å². The van der Waals surface area contributed by atoms with Crippen LogP contribution >= 0.6 is 0 Å². The number of anilines is 1. The topological polar surface area (TPSA) is 116 Å². The quantitative estimate of drug-likeness (QED) is 0.617. The van der Waals surface area contributed by atoms with Crippen LogP contribution in [0.5, 0.6) is 11.8 Å². The van der Waals surface area contributed by atoms with Gasteiger partial charge in [0.25, 0.3) is 5.56 Å². The second kappa shape index (κ2) is 8.42. The molecule has 31 heavy (non-hydrogen) atoms. The van der Waals surface area contributed by atoms with E-state index in [1.165, 1.54) is 36.7 Å². The fraction of sp³-hybridized carbons (Fsp3) is 0.300. The molecule has 0 atom stereocenters. The third kappa shape index (κ3) is 4.88. The molecule has 0 saturated heterocycles. The molecule has 0 aliphatic rings. The Hall–Kier alpha value is -3.34. The van der Waals surface area contributed by atoms with E-state index in [0.717, 1.165) is 0 Å². The summed E-state index contributed by atoms with van der Waals surface area (Å²) in [6, 6.07) is 5.68. The zero-order valence-corrected chi connectivity index (χ0v) is 18.5. The van der Waals surface area contributed by atoms with Crippen LogP contribution in [0.15, 0.2) is 35.3 Å². The molecule has 0 aliphatic carbocycles. The fourth-order valence-corrected chi connectivity index (χ4v) is 3.24. The Bertz CT molecular complexity index is 1260. The predicted octanol–water partition coefficient (Wildman–Crippen LogP) is 2.94. The van der Waals surface area contributed by atoms with Gasteiger partial charge in [-0.15, -0.1) is 0 Å². The molecule has 0 fully saturated rings. The van der Waals surface area contributed by atoms with Gasteiger partial charge in [-0.2, -0.15) is 15.0 Å². The van der Waals surface area contributed by atoms with E-state index in [4.69, 9.17) is 4.74 Å². The Kier molecular flexibility index (Phi) is 6.07. The summed E-state index contributed by atoms with van der Waals surface area (Å²) in [5.41, 5.74) is 1.18. The normalized spacial score (nSPS) is 11.6. The molecule has 1 aromatic carbocycles. The lowest BCUT2D eigenvalue weighted by Crippen LogP contribution is -2.24. The van der Waals surface area contributed by atoms with Crippen LogP contribution in [-0.2, 0) is 17.1 Å². The van der Waals surface area contributed by atoms with E-state index in [9.17, 15) is 17.6 Å². The summed E-state index contributed by atoms with van der Waals surface area (Å²) < 4.78 is 48.1. The molecule has 0 unspecified atom stereocenters. The average Bonchev–Trinajstić information content (AvgIpc) is 2.68. The van der Waals surface area contributed by atoms with Crippen molar-refractivity contribution in [3.8, 4) is 23.1 Å². The predicted molar refractivity (Wildman–Crippen MR) is 114 cm³/mol. The largest absolute Gasteiger partial charge is 0.421 e. The van der Waals surface area contributed by atoms with Crippen molar-refractivity contribution < 1.29 is 17.5 Å². The summed E-state index contributed by atoms with van der Waals surface area (Å²) >= 11 is 0. The molecule has 11 heteroatoms. The summed E-state index contributed by atoms with van der Waals surface area (Å²) in [5, 5.41) is -0.745. The maximum absolute atomic E-state index is 14.2. The standard InChI is InChI=1S/C20H22FN5O4S/c1-11(2)31(28,29)25-19-22-17(14-9-13(4)18(27)26(5)10-14)23-20(24-19)30-16-12(3)7-6-8-15(16)21/h6-11H,1-5H3,(H,22,23,24,25). The van der Waals surface area contributed by atoms with Crippen LogP contribution in [-0.4, -0.2) is 33.2 Å². The number of benzene rings is 1. The average molecular weight is 447 g/mol. The zero-order valence-electron chi connectivity index (χ0n) is 17.7. The number of hydrogen-bond donors (Lipinski definition) is 1. The molecule has 164 valence electrons. The summed E-state index contributed by atoms with van der Waals surface area (Å²) in [4.78, 5) is 24.4. The second-order valence-corrected chi connectivity index (χ2v) is 9.51.